The molecule has 0 saturated carbocycles. The summed E-state index contributed by atoms with van der Waals surface area (Å²) in [6.45, 7) is 1.12. The molecule has 1 aliphatic heterocycles. The molecule has 0 unspecified atom stereocenters. The molecule has 0 fully saturated rings. The molecule has 0 atom stereocenters. The van der Waals surface area contributed by atoms with Gasteiger partial charge in [-0.15, -0.1) is 0 Å². The number of hydrogen-bond donors (Lipinski definition) is 0. The molecule has 2 heterocycles. The van der Waals surface area contributed by atoms with E-state index in [0.717, 1.165) is 30.0 Å². The number of methoxy groups -OCH3 is 1. The van der Waals surface area contributed by atoms with Crippen molar-refractivity contribution < 1.29 is 9.53 Å². The Bertz CT molecular complexity index is 1090. The summed E-state index contributed by atoms with van der Waals surface area (Å²) in [5.41, 5.74) is 3.62. The van der Waals surface area contributed by atoms with Crippen LogP contribution in [0, 0.1) is 0 Å². The fourth-order valence-corrected chi connectivity index (χ4v) is 3.66. The van der Waals surface area contributed by atoms with Gasteiger partial charge >= 0.3 is 0 Å². The maximum absolute atomic E-state index is 12.6. The molecule has 3 aromatic rings. The summed E-state index contributed by atoms with van der Waals surface area (Å²) >= 11 is 0. The topological polar surface area (TPSA) is 64.4 Å². The second-order valence-corrected chi connectivity index (χ2v) is 7.04. The highest BCUT2D eigenvalue weighted by Gasteiger charge is 2.23. The average molecular weight is 389 g/mol. The number of amides is 1. The molecule has 29 heavy (non-hydrogen) atoms. The fourth-order valence-electron chi connectivity index (χ4n) is 3.66. The second-order valence-electron chi connectivity index (χ2n) is 7.04. The molecule has 6 heteroatoms. The molecule has 0 saturated heterocycles. The van der Waals surface area contributed by atoms with E-state index < -0.39 is 0 Å². The minimum Gasteiger partial charge on any atom is -0.497 e. The molecule has 0 aliphatic carbocycles. The first-order valence-corrected chi connectivity index (χ1v) is 9.76. The van der Waals surface area contributed by atoms with Gasteiger partial charge in [0.15, 0.2) is 0 Å². The zero-order valence-corrected chi connectivity index (χ0v) is 16.4. The van der Waals surface area contributed by atoms with Gasteiger partial charge in [-0.05, 0) is 42.7 Å². The lowest BCUT2D eigenvalue weighted by Crippen LogP contribution is -2.29. The van der Waals surface area contributed by atoms with Crippen molar-refractivity contribution in [3.8, 4) is 17.0 Å². The van der Waals surface area contributed by atoms with Crippen molar-refractivity contribution in [2.24, 2.45) is 0 Å². The molecule has 0 bridgehead atoms. The normalized spacial score (nSPS) is 12.7. The van der Waals surface area contributed by atoms with Crippen LogP contribution in [-0.2, 0) is 17.8 Å². The Kier molecular flexibility index (Phi) is 5.42. The van der Waals surface area contributed by atoms with Gasteiger partial charge in [-0.25, -0.2) is 4.68 Å². The van der Waals surface area contributed by atoms with E-state index in [4.69, 9.17) is 4.74 Å². The van der Waals surface area contributed by atoms with Crippen molar-refractivity contribution >= 4 is 11.6 Å². The summed E-state index contributed by atoms with van der Waals surface area (Å²) in [6.07, 6.45) is 1.84. The zero-order chi connectivity index (χ0) is 20.2. The molecule has 0 radical (unpaired) electrons. The molecule has 1 aromatic heterocycles. The number of benzene rings is 2. The fraction of sp³-hybridized carbons (Fsp3) is 0.261. The van der Waals surface area contributed by atoms with Gasteiger partial charge in [-0.1, -0.05) is 30.3 Å². The Morgan fingerprint density at radius 2 is 1.97 bits per heavy atom. The number of carbonyl (C=O) groups excluding carboxylic acids is 1. The monoisotopic (exact) mass is 389 g/mol. The van der Waals surface area contributed by atoms with Crippen LogP contribution in [0.2, 0.25) is 0 Å². The largest absolute Gasteiger partial charge is 0.497 e. The first kappa shape index (κ1) is 18.9. The van der Waals surface area contributed by atoms with E-state index in [0.29, 0.717) is 25.1 Å². The lowest BCUT2D eigenvalue weighted by Gasteiger charge is -2.17. The number of carbonyl (C=O) groups is 1. The third-order valence-electron chi connectivity index (χ3n) is 5.18. The third kappa shape index (κ3) is 4.06. The maximum atomic E-state index is 12.6. The number of ether oxygens (including phenoxy) is 1. The van der Waals surface area contributed by atoms with E-state index in [2.05, 4.69) is 11.2 Å². The van der Waals surface area contributed by atoms with Crippen molar-refractivity contribution in [1.29, 1.82) is 0 Å². The van der Waals surface area contributed by atoms with Crippen LogP contribution in [0.5, 0.6) is 5.75 Å². The van der Waals surface area contributed by atoms with Gasteiger partial charge in [0.1, 0.15) is 5.75 Å². The highest BCUT2D eigenvalue weighted by molar-refractivity contribution is 5.95. The number of anilines is 1. The standard InChI is InChI=1S/C23H23N3O3/c1-29-19-8-4-7-18(16-19)20-11-12-23(28)26(24-20)14-5-10-22(27)25-15-13-17-6-2-3-9-21(17)25/h2-4,6-9,11-12,16H,5,10,13-15H2,1H3. The Morgan fingerprint density at radius 1 is 1.10 bits per heavy atom. The number of rotatable bonds is 6. The van der Waals surface area contributed by atoms with Gasteiger partial charge in [-0.3, -0.25) is 9.59 Å². The summed E-state index contributed by atoms with van der Waals surface area (Å²) in [7, 11) is 1.61. The van der Waals surface area contributed by atoms with Crippen LogP contribution in [0.3, 0.4) is 0 Å². The molecule has 0 N–H and O–H groups in total. The highest BCUT2D eigenvalue weighted by Crippen LogP contribution is 2.28. The van der Waals surface area contributed by atoms with Gasteiger partial charge in [0.25, 0.3) is 5.56 Å². The molecule has 1 amide bonds. The predicted octanol–water partition coefficient (Wildman–Crippen LogP) is 3.29. The highest BCUT2D eigenvalue weighted by atomic mass is 16.5. The Labute approximate surface area is 169 Å². The molecular weight excluding hydrogens is 366 g/mol. The first-order chi connectivity index (χ1) is 14.2. The van der Waals surface area contributed by atoms with Crippen molar-refractivity contribution in [3.63, 3.8) is 0 Å². The predicted molar refractivity (Wildman–Crippen MR) is 112 cm³/mol. The van der Waals surface area contributed by atoms with E-state index in [1.165, 1.54) is 16.3 Å². The van der Waals surface area contributed by atoms with Crippen LogP contribution in [0.25, 0.3) is 11.3 Å². The lowest BCUT2D eigenvalue weighted by atomic mass is 10.1. The smallest absolute Gasteiger partial charge is 0.266 e. The second kappa shape index (κ2) is 8.31. The quantitative estimate of drug-likeness (QED) is 0.649. The molecular formula is C23H23N3O3. The molecule has 0 spiro atoms. The van der Waals surface area contributed by atoms with Crippen LogP contribution in [0.15, 0.2) is 65.5 Å². The summed E-state index contributed by atoms with van der Waals surface area (Å²) < 4.78 is 6.69. The summed E-state index contributed by atoms with van der Waals surface area (Å²) in [5, 5.41) is 4.47. The van der Waals surface area contributed by atoms with Gasteiger partial charge < -0.3 is 9.64 Å². The number of para-hydroxylation sites is 1. The average Bonchev–Trinajstić information content (AvgIpc) is 3.19. The Balaban J connectivity index is 1.42. The van der Waals surface area contributed by atoms with Crippen molar-refractivity contribution in [3.05, 3.63) is 76.6 Å². The maximum Gasteiger partial charge on any atom is 0.266 e. The van der Waals surface area contributed by atoms with E-state index >= 15 is 0 Å². The van der Waals surface area contributed by atoms with Crippen LogP contribution >= 0.6 is 0 Å². The van der Waals surface area contributed by atoms with Crippen LogP contribution < -0.4 is 15.2 Å². The summed E-state index contributed by atoms with van der Waals surface area (Å²) in [6, 6.07) is 18.8. The molecule has 148 valence electrons. The van der Waals surface area contributed by atoms with Gasteiger partial charge in [0.2, 0.25) is 5.91 Å². The van der Waals surface area contributed by atoms with Crippen LogP contribution in [-0.4, -0.2) is 29.3 Å². The number of aromatic nitrogens is 2. The zero-order valence-electron chi connectivity index (χ0n) is 16.4. The Morgan fingerprint density at radius 3 is 2.83 bits per heavy atom. The molecule has 6 nitrogen and oxygen atoms in total. The van der Waals surface area contributed by atoms with Crippen molar-refractivity contribution in [2.75, 3.05) is 18.6 Å². The van der Waals surface area contributed by atoms with Crippen LogP contribution in [0.1, 0.15) is 18.4 Å². The van der Waals surface area contributed by atoms with Gasteiger partial charge in [0.05, 0.1) is 12.8 Å². The lowest BCUT2D eigenvalue weighted by molar-refractivity contribution is -0.118. The number of fused-ring (bicyclic) bond motifs is 1. The van der Waals surface area contributed by atoms with Crippen molar-refractivity contribution in [1.82, 2.24) is 9.78 Å². The minimum atomic E-state index is -0.171. The SMILES string of the molecule is COc1cccc(-c2ccc(=O)n(CCCC(=O)N3CCc4ccccc43)n2)c1. The minimum absolute atomic E-state index is 0.0898. The Hall–Kier alpha value is -3.41. The van der Waals surface area contributed by atoms with E-state index in [1.807, 2.05) is 47.4 Å². The molecule has 1 aliphatic rings. The molecule has 2 aromatic carbocycles. The van der Waals surface area contributed by atoms with Crippen LogP contribution in [0.4, 0.5) is 5.69 Å². The summed E-state index contributed by atoms with van der Waals surface area (Å²) in [5.74, 6) is 0.825. The van der Waals surface area contributed by atoms with E-state index in [9.17, 15) is 9.59 Å². The number of nitrogens with zero attached hydrogens (tertiary/aromatic N) is 3. The van der Waals surface area contributed by atoms with Gasteiger partial charge in [0, 0.05) is 36.8 Å². The van der Waals surface area contributed by atoms with E-state index in [-0.39, 0.29) is 11.5 Å². The third-order valence-corrected chi connectivity index (χ3v) is 5.18. The number of hydrogen-bond acceptors (Lipinski definition) is 4. The van der Waals surface area contributed by atoms with E-state index in [1.54, 1.807) is 13.2 Å². The molecule has 4 rings (SSSR count). The number of aryl methyl sites for hydroxylation is 1. The van der Waals surface area contributed by atoms with Crippen molar-refractivity contribution in [2.45, 2.75) is 25.8 Å². The van der Waals surface area contributed by atoms with Gasteiger partial charge in [-0.2, -0.15) is 5.10 Å². The first-order valence-electron chi connectivity index (χ1n) is 9.76. The summed E-state index contributed by atoms with van der Waals surface area (Å²) in [4.78, 5) is 26.7.